The van der Waals surface area contributed by atoms with Crippen LogP contribution in [0.1, 0.15) is 83.1 Å². The van der Waals surface area contributed by atoms with E-state index >= 15 is 0 Å². The van der Waals surface area contributed by atoms with E-state index in [1.807, 2.05) is 0 Å². The molecule has 32 heavy (non-hydrogen) atoms. The highest BCUT2D eigenvalue weighted by Crippen LogP contribution is 2.73. The molecule has 4 fully saturated rings. The van der Waals surface area contributed by atoms with Gasteiger partial charge in [-0.05, 0) is 98.5 Å². The third-order valence-corrected chi connectivity index (χ3v) is 10.7. The number of hydrogen-bond acceptors (Lipinski definition) is 5. The number of aliphatic hydroxyl groups is 1. The fraction of sp³-hybridized carbons (Fsp3) is 0.792. The van der Waals surface area contributed by atoms with Gasteiger partial charge in [0.05, 0.1) is 18.0 Å². The van der Waals surface area contributed by atoms with Gasteiger partial charge < -0.3 is 19.3 Å². The summed E-state index contributed by atoms with van der Waals surface area (Å²) in [5.41, 5.74) is -0.815. The molecule has 4 aliphatic carbocycles. The maximum Gasteiger partial charge on any atom is 0.470 e. The molecule has 3 N–H and O–H groups in total. The van der Waals surface area contributed by atoms with E-state index in [0.717, 1.165) is 56.9 Å². The third-order valence-electron chi connectivity index (χ3n) is 10.2. The zero-order valence-corrected chi connectivity index (χ0v) is 19.8. The van der Waals surface area contributed by atoms with Gasteiger partial charge >= 0.3 is 13.4 Å². The largest absolute Gasteiger partial charge is 0.470 e. The molecule has 8 heteroatoms. The monoisotopic (exact) mass is 466 g/mol. The smallest absolute Gasteiger partial charge is 0.431 e. The Morgan fingerprint density at radius 2 is 1.81 bits per heavy atom. The molecule has 0 aromatic carbocycles. The number of aliphatic hydroxyl groups excluding tert-OH is 1. The summed E-state index contributed by atoms with van der Waals surface area (Å²) in [7, 11) is -4.73. The van der Waals surface area contributed by atoms with Gasteiger partial charge in [0.2, 0.25) is 0 Å². The number of rotatable bonds is 3. The molecule has 0 radical (unpaired) electrons. The summed E-state index contributed by atoms with van der Waals surface area (Å²) < 4.78 is 23.4. The Labute approximate surface area is 188 Å². The number of phosphoric acid groups is 1. The summed E-state index contributed by atoms with van der Waals surface area (Å²) in [5, 5.41) is 10.3. The van der Waals surface area contributed by atoms with Gasteiger partial charge in [-0.1, -0.05) is 13.8 Å². The zero-order chi connectivity index (χ0) is 22.9. The summed E-state index contributed by atoms with van der Waals surface area (Å²) in [6.07, 6.45) is 8.81. The van der Waals surface area contributed by atoms with Crippen LogP contribution in [0.3, 0.4) is 0 Å². The van der Waals surface area contributed by atoms with Crippen LogP contribution in [-0.4, -0.2) is 26.6 Å². The average molecular weight is 467 g/mol. The molecule has 1 aromatic rings. The maximum absolute atomic E-state index is 12.3. The van der Waals surface area contributed by atoms with Crippen molar-refractivity contribution in [2.75, 3.05) is 0 Å². The van der Waals surface area contributed by atoms with E-state index in [-0.39, 0.29) is 23.4 Å². The first-order valence-electron chi connectivity index (χ1n) is 12.0. The topological polar surface area (TPSA) is 117 Å². The van der Waals surface area contributed by atoms with Crippen molar-refractivity contribution in [3.05, 3.63) is 34.4 Å². The summed E-state index contributed by atoms with van der Waals surface area (Å²) >= 11 is 0. The van der Waals surface area contributed by atoms with Gasteiger partial charge in [-0.3, -0.25) is 4.52 Å². The van der Waals surface area contributed by atoms with Crippen molar-refractivity contribution in [3.63, 3.8) is 0 Å². The molecule has 8 atom stereocenters. The van der Waals surface area contributed by atoms with Gasteiger partial charge in [-0.25, -0.2) is 9.36 Å². The lowest BCUT2D eigenvalue weighted by atomic mass is 9.43. The molecule has 5 rings (SSSR count). The van der Waals surface area contributed by atoms with Crippen LogP contribution in [0.5, 0.6) is 0 Å². The summed E-state index contributed by atoms with van der Waals surface area (Å²) in [4.78, 5) is 31.6. The number of fused-ring (bicyclic) bond motifs is 5. The van der Waals surface area contributed by atoms with Gasteiger partial charge in [0.25, 0.3) is 0 Å². The van der Waals surface area contributed by atoms with Crippen molar-refractivity contribution < 1.29 is 28.4 Å². The lowest BCUT2D eigenvalue weighted by Crippen LogP contribution is -2.62. The Morgan fingerprint density at radius 1 is 1.03 bits per heavy atom. The Hall–Kier alpha value is -0.980. The van der Waals surface area contributed by atoms with Crippen molar-refractivity contribution in [1.29, 1.82) is 0 Å². The highest BCUT2D eigenvalue weighted by molar-refractivity contribution is 7.46. The van der Waals surface area contributed by atoms with E-state index in [9.17, 15) is 24.3 Å². The molecule has 1 heterocycles. The molecule has 4 saturated carbocycles. The van der Waals surface area contributed by atoms with Crippen molar-refractivity contribution in [3.8, 4) is 0 Å². The van der Waals surface area contributed by atoms with Gasteiger partial charge in [0, 0.05) is 11.5 Å². The molecule has 0 saturated heterocycles. The third kappa shape index (κ3) is 3.31. The molecule has 0 unspecified atom stereocenters. The predicted molar refractivity (Wildman–Crippen MR) is 118 cm³/mol. The quantitative estimate of drug-likeness (QED) is 0.567. The lowest BCUT2D eigenvalue weighted by molar-refractivity contribution is -0.198. The number of phosphoric ester groups is 1. The van der Waals surface area contributed by atoms with Crippen LogP contribution in [0, 0.1) is 28.6 Å². The standard InChI is InChI=1S/C24H35O7P/c1-22-10-7-17(25)13-16(22)4-5-20-19(22)8-11-23(2)18(15-3-6-21(26)30-14-15)9-12-24(20,23)31-32(27,28)29/h3,6,14,16-20,25H,4-5,7-13H2,1-2H3,(H2,27,28,29)/t16-,17+,18-,19+,20-,22+,23-,24+/m1/s1. The van der Waals surface area contributed by atoms with Gasteiger partial charge in [0.15, 0.2) is 0 Å². The van der Waals surface area contributed by atoms with E-state index in [2.05, 4.69) is 13.8 Å². The Bertz CT molecular complexity index is 966. The second kappa shape index (κ2) is 7.51. The first kappa shape index (κ1) is 22.8. The molecule has 0 spiro atoms. The van der Waals surface area contributed by atoms with E-state index in [0.29, 0.717) is 18.3 Å². The van der Waals surface area contributed by atoms with Gasteiger partial charge in [-0.2, -0.15) is 0 Å². The molecular weight excluding hydrogens is 431 g/mol. The molecular formula is C24H35O7P. The normalized spacial score (nSPS) is 46.2. The predicted octanol–water partition coefficient (Wildman–Crippen LogP) is 4.36. The fourth-order valence-electron chi connectivity index (χ4n) is 8.70. The minimum atomic E-state index is -4.73. The van der Waals surface area contributed by atoms with Gasteiger partial charge in [-0.15, -0.1) is 0 Å². The summed E-state index contributed by atoms with van der Waals surface area (Å²) in [6.45, 7) is 4.47. The highest BCUT2D eigenvalue weighted by Gasteiger charge is 2.70. The maximum atomic E-state index is 12.3. The van der Waals surface area contributed by atoms with Crippen LogP contribution in [0.2, 0.25) is 0 Å². The van der Waals surface area contributed by atoms with Crippen molar-refractivity contribution in [2.45, 2.75) is 89.3 Å². The van der Waals surface area contributed by atoms with Crippen LogP contribution < -0.4 is 5.63 Å². The van der Waals surface area contributed by atoms with E-state index < -0.39 is 24.5 Å². The van der Waals surface area contributed by atoms with E-state index in [4.69, 9.17) is 8.94 Å². The molecule has 178 valence electrons. The Morgan fingerprint density at radius 3 is 2.50 bits per heavy atom. The highest BCUT2D eigenvalue weighted by atomic mass is 31.2. The fourth-order valence-corrected chi connectivity index (χ4v) is 9.56. The molecule has 0 amide bonds. The molecule has 4 aliphatic rings. The van der Waals surface area contributed by atoms with Crippen molar-refractivity contribution in [1.82, 2.24) is 0 Å². The zero-order valence-electron chi connectivity index (χ0n) is 18.9. The first-order chi connectivity index (χ1) is 15.0. The molecule has 7 nitrogen and oxygen atoms in total. The molecule has 0 aliphatic heterocycles. The molecule has 0 bridgehead atoms. The second-order valence-electron chi connectivity index (χ2n) is 11.3. The van der Waals surface area contributed by atoms with Crippen LogP contribution in [0.25, 0.3) is 0 Å². The van der Waals surface area contributed by atoms with Crippen LogP contribution in [0.15, 0.2) is 27.6 Å². The Balaban J connectivity index is 1.57. The summed E-state index contributed by atoms with van der Waals surface area (Å²) in [6, 6.07) is 3.22. The lowest BCUT2D eigenvalue weighted by Gasteiger charge is -2.64. The number of hydrogen-bond donors (Lipinski definition) is 3. The minimum Gasteiger partial charge on any atom is -0.431 e. The van der Waals surface area contributed by atoms with Crippen LogP contribution in [0.4, 0.5) is 0 Å². The average Bonchev–Trinajstić information content (AvgIpc) is 3.00. The second-order valence-corrected chi connectivity index (χ2v) is 12.5. The summed E-state index contributed by atoms with van der Waals surface area (Å²) in [5.74, 6) is 0.842. The Kier molecular flexibility index (Phi) is 5.35. The van der Waals surface area contributed by atoms with E-state index in [1.54, 1.807) is 6.07 Å². The molecule has 1 aromatic heterocycles. The minimum absolute atomic E-state index is 0.0121. The van der Waals surface area contributed by atoms with Gasteiger partial charge in [0.1, 0.15) is 0 Å². The van der Waals surface area contributed by atoms with Crippen molar-refractivity contribution >= 4 is 7.82 Å². The van der Waals surface area contributed by atoms with Crippen molar-refractivity contribution in [2.24, 2.45) is 28.6 Å². The van der Waals surface area contributed by atoms with Crippen LogP contribution in [-0.2, 0) is 9.09 Å². The van der Waals surface area contributed by atoms with Crippen LogP contribution >= 0.6 is 7.82 Å². The SMILES string of the molecule is C[C@]12CC[C@H](O)C[C@H]1CC[C@@H]1[C@@H]2CC[C@]2(C)[C@@H](c3ccc(=O)oc3)CC[C@]12OP(=O)(O)O. The first-order valence-corrected chi connectivity index (χ1v) is 13.5. The van der Waals surface area contributed by atoms with E-state index in [1.165, 1.54) is 12.3 Å².